The third kappa shape index (κ3) is 8.57. The van der Waals surface area contributed by atoms with Crippen LogP contribution in [0, 0.1) is 48.5 Å². The fraction of sp³-hybridized carbons (Fsp3) is 0.113. The van der Waals surface area contributed by atoms with Crippen molar-refractivity contribution in [3.63, 3.8) is 0 Å². The number of nitrogens with zero attached hydrogens (tertiary/aromatic N) is 4. The van der Waals surface area contributed by atoms with Crippen molar-refractivity contribution in [3.8, 4) is 45.0 Å². The molecule has 4 nitrogen and oxygen atoms in total. The Bertz CT molecular complexity index is 3330. The summed E-state index contributed by atoms with van der Waals surface area (Å²) in [5, 5.41) is 2.28. The molecule has 0 amide bonds. The molecule has 0 spiro atoms. The first-order chi connectivity index (χ1) is 32.6. The van der Waals surface area contributed by atoms with Gasteiger partial charge in [0.05, 0.1) is 11.4 Å². The lowest BCUT2D eigenvalue weighted by atomic mass is 9.34. The van der Waals surface area contributed by atoms with E-state index < -0.39 is 0 Å². The van der Waals surface area contributed by atoms with E-state index >= 15 is 0 Å². The van der Waals surface area contributed by atoms with Crippen LogP contribution in [0.3, 0.4) is 0 Å². The number of aryl methyl sites for hydroxylation is 7. The highest BCUT2D eigenvalue weighted by atomic mass is 15.3. The summed E-state index contributed by atoms with van der Waals surface area (Å²) in [5.41, 5.74) is 21.0. The molecule has 1 heterocycles. The number of rotatable bonds is 10. The number of anilines is 3. The molecule has 10 rings (SSSR count). The van der Waals surface area contributed by atoms with Gasteiger partial charge >= 0.3 is 0 Å². The summed E-state index contributed by atoms with van der Waals surface area (Å²) in [5.74, 6) is 1.73. The van der Waals surface area contributed by atoms with Crippen LogP contribution >= 0.6 is 0 Å². The van der Waals surface area contributed by atoms with Crippen LogP contribution in [0.5, 0.6) is 0 Å². The van der Waals surface area contributed by atoms with Crippen molar-refractivity contribution in [1.29, 1.82) is 0 Å². The molecule has 0 bridgehead atoms. The van der Waals surface area contributed by atoms with Gasteiger partial charge in [-0.1, -0.05) is 220 Å². The summed E-state index contributed by atoms with van der Waals surface area (Å²) in [4.78, 5) is 18.4. The normalized spacial score (nSPS) is 11.2. The summed E-state index contributed by atoms with van der Waals surface area (Å²) < 4.78 is 0. The minimum Gasteiger partial charge on any atom is -0.278 e. The molecule has 324 valence electrons. The second-order valence-electron chi connectivity index (χ2n) is 18.1. The van der Waals surface area contributed by atoms with Crippen LogP contribution in [0.4, 0.5) is 17.3 Å². The first-order valence-corrected chi connectivity index (χ1v) is 23.2. The molecule has 0 saturated heterocycles. The van der Waals surface area contributed by atoms with Gasteiger partial charge in [-0.05, 0) is 106 Å². The van der Waals surface area contributed by atoms with Gasteiger partial charge in [-0.2, -0.15) is 9.97 Å². The van der Waals surface area contributed by atoms with Crippen molar-refractivity contribution in [3.05, 3.63) is 233 Å². The van der Waals surface area contributed by atoms with E-state index in [1.54, 1.807) is 0 Å². The minimum absolute atomic E-state index is 0.0216. The minimum atomic E-state index is 0.0216. The van der Waals surface area contributed by atoms with Crippen LogP contribution in [0.1, 0.15) is 38.9 Å². The molecule has 5 heteroatoms. The van der Waals surface area contributed by atoms with Crippen LogP contribution in [-0.4, -0.2) is 21.7 Å². The summed E-state index contributed by atoms with van der Waals surface area (Å²) >= 11 is 0. The molecule has 0 radical (unpaired) electrons. The third-order valence-electron chi connectivity index (χ3n) is 13.1. The monoisotopic (exact) mass is 864 g/mol. The van der Waals surface area contributed by atoms with E-state index in [1.165, 1.54) is 49.8 Å². The van der Waals surface area contributed by atoms with Crippen LogP contribution in [-0.2, 0) is 0 Å². The Morgan fingerprint density at radius 3 is 1.39 bits per heavy atom. The zero-order chi connectivity index (χ0) is 46.2. The molecule has 0 aliphatic rings. The zero-order valence-corrected chi connectivity index (χ0v) is 39.3. The van der Waals surface area contributed by atoms with Crippen molar-refractivity contribution in [2.75, 3.05) is 4.90 Å². The SMILES string of the molecule is Cc1cc(C)c(B(c2ccc(N(c3nc(-c4ccccc4)nc(-c4cccc(-c5ccccc5)c4)n3)c3cc4ccccc4cc3-c3ccccc3)c(C)c2)c2c(C)cc(C)cc2C)c(C)c1. The Balaban J connectivity index is 1.25. The van der Waals surface area contributed by atoms with Gasteiger partial charge in [-0.25, -0.2) is 4.98 Å². The van der Waals surface area contributed by atoms with Gasteiger partial charge < -0.3 is 0 Å². The maximum absolute atomic E-state index is 5.49. The molecule has 0 fully saturated rings. The topological polar surface area (TPSA) is 41.9 Å². The average molecular weight is 865 g/mol. The van der Waals surface area contributed by atoms with Crippen molar-refractivity contribution < 1.29 is 0 Å². The van der Waals surface area contributed by atoms with E-state index in [2.05, 4.69) is 223 Å². The molecule has 1 aromatic heterocycles. The summed E-state index contributed by atoms with van der Waals surface area (Å²) in [6.07, 6.45) is 0. The van der Waals surface area contributed by atoms with Crippen LogP contribution in [0.2, 0.25) is 0 Å². The molecule has 9 aromatic carbocycles. The molecular weight excluding hydrogens is 812 g/mol. The van der Waals surface area contributed by atoms with E-state index in [4.69, 9.17) is 15.0 Å². The Labute approximate surface area is 395 Å². The molecule has 0 aliphatic carbocycles. The Morgan fingerprint density at radius 2 is 0.821 bits per heavy atom. The van der Waals surface area contributed by atoms with Crippen molar-refractivity contribution in [2.24, 2.45) is 0 Å². The van der Waals surface area contributed by atoms with E-state index in [9.17, 15) is 0 Å². The van der Waals surface area contributed by atoms with Crippen LogP contribution in [0.15, 0.2) is 194 Å². The molecule has 0 unspecified atom stereocenters. The summed E-state index contributed by atoms with van der Waals surface area (Å²) in [7, 11) is 0. The Kier molecular flexibility index (Phi) is 11.7. The van der Waals surface area contributed by atoms with E-state index in [0.717, 1.165) is 61.1 Å². The van der Waals surface area contributed by atoms with Gasteiger partial charge in [0.1, 0.15) is 0 Å². The maximum atomic E-state index is 5.49. The highest BCUT2D eigenvalue weighted by molar-refractivity contribution is 6.96. The first kappa shape index (κ1) is 43.0. The predicted molar refractivity (Wildman–Crippen MR) is 284 cm³/mol. The lowest BCUT2D eigenvalue weighted by molar-refractivity contribution is 1.02. The smallest absolute Gasteiger partial charge is 0.242 e. The maximum Gasteiger partial charge on any atom is 0.242 e. The number of benzene rings is 9. The Morgan fingerprint density at radius 1 is 0.343 bits per heavy atom. The van der Waals surface area contributed by atoms with Crippen LogP contribution in [0.25, 0.3) is 55.8 Å². The molecule has 0 N–H and O–H groups in total. The zero-order valence-electron chi connectivity index (χ0n) is 39.3. The standard InChI is InChI=1S/C62H53BN4/c1-40-32-43(4)58(44(5)33-40)63(59-45(6)34-41(2)35-46(59)7)54-30-31-56(42(3)36-54)67(57-39-52-27-18-17-26-51(52)38-55(57)48-22-13-9-14-23-48)62-65-60(49-24-15-10-16-25-49)64-61(66-62)53-29-19-28-50(37-53)47-20-11-8-12-21-47/h8-39H,1-7H3. The number of fused-ring (bicyclic) bond motifs is 1. The molecule has 10 aromatic rings. The van der Waals surface area contributed by atoms with E-state index in [0.29, 0.717) is 17.6 Å². The third-order valence-corrected chi connectivity index (χ3v) is 13.1. The predicted octanol–water partition coefficient (Wildman–Crippen LogP) is 13.8. The highest BCUT2D eigenvalue weighted by Crippen LogP contribution is 2.43. The number of hydrogen-bond acceptors (Lipinski definition) is 4. The van der Waals surface area contributed by atoms with Crippen molar-refractivity contribution in [2.45, 2.75) is 48.5 Å². The van der Waals surface area contributed by atoms with Gasteiger partial charge in [-0.3, -0.25) is 4.90 Å². The lowest BCUT2D eigenvalue weighted by Gasteiger charge is -2.29. The van der Waals surface area contributed by atoms with Gasteiger partial charge in [0, 0.05) is 16.7 Å². The second kappa shape index (κ2) is 18.2. The highest BCUT2D eigenvalue weighted by Gasteiger charge is 2.30. The largest absolute Gasteiger partial charge is 0.278 e. The quantitative estimate of drug-likeness (QED) is 0.128. The molecule has 0 saturated carbocycles. The molecule has 0 aliphatic heterocycles. The second-order valence-corrected chi connectivity index (χ2v) is 18.1. The molecule has 67 heavy (non-hydrogen) atoms. The van der Waals surface area contributed by atoms with Crippen molar-refractivity contribution in [1.82, 2.24) is 15.0 Å². The van der Waals surface area contributed by atoms with Gasteiger partial charge in [0.25, 0.3) is 0 Å². The number of aromatic nitrogens is 3. The average Bonchev–Trinajstić information content (AvgIpc) is 3.34. The van der Waals surface area contributed by atoms with Crippen LogP contribution < -0.4 is 21.3 Å². The van der Waals surface area contributed by atoms with Gasteiger partial charge in [0.2, 0.25) is 12.7 Å². The molecular formula is C62H53BN4. The summed E-state index contributed by atoms with van der Waals surface area (Å²) in [6, 6.07) is 69.5. The van der Waals surface area contributed by atoms with Gasteiger partial charge in [0.15, 0.2) is 11.6 Å². The fourth-order valence-corrected chi connectivity index (χ4v) is 10.3. The number of hydrogen-bond donors (Lipinski definition) is 0. The van der Waals surface area contributed by atoms with E-state index in [1.807, 2.05) is 24.3 Å². The van der Waals surface area contributed by atoms with Gasteiger partial charge in [-0.15, -0.1) is 0 Å². The summed E-state index contributed by atoms with van der Waals surface area (Å²) in [6.45, 7) is 15.7. The lowest BCUT2D eigenvalue weighted by Crippen LogP contribution is -2.56. The Hall–Kier alpha value is -7.89. The molecule has 0 atom stereocenters. The van der Waals surface area contributed by atoms with Crippen molar-refractivity contribution >= 4 is 51.2 Å². The first-order valence-electron chi connectivity index (χ1n) is 23.2. The fourth-order valence-electron chi connectivity index (χ4n) is 10.3. The van der Waals surface area contributed by atoms with E-state index in [-0.39, 0.29) is 6.71 Å².